The van der Waals surface area contributed by atoms with Gasteiger partial charge in [-0.2, -0.15) is 13.2 Å². The molecule has 0 unspecified atom stereocenters. The molecule has 1 nitrogen and oxygen atoms in total. The number of hydrogen-bond acceptors (Lipinski definition) is 2. The van der Waals surface area contributed by atoms with Crippen molar-refractivity contribution in [1.29, 1.82) is 0 Å². The molecule has 1 aromatic carbocycles. The van der Waals surface area contributed by atoms with Gasteiger partial charge in [-0.1, -0.05) is 18.2 Å². The SMILES string of the molecule is FC(F)(F)c1ccccc1CNCc1cc(Br)c(Br)s1. The first-order chi connectivity index (χ1) is 9.38. The quantitative estimate of drug-likeness (QED) is 0.670. The standard InChI is InChI=1S/C13H10Br2F3NS/c14-11-5-9(20-12(11)15)7-19-6-8-3-1-2-4-10(8)13(16,17)18/h1-5,19H,6-7H2. The zero-order valence-corrected chi connectivity index (χ0v) is 14.1. The van der Waals surface area contributed by atoms with Crippen molar-refractivity contribution in [2.75, 3.05) is 0 Å². The van der Waals surface area contributed by atoms with Gasteiger partial charge in [0.05, 0.1) is 9.35 Å². The van der Waals surface area contributed by atoms with Crippen LogP contribution in [0.3, 0.4) is 0 Å². The van der Waals surface area contributed by atoms with Gasteiger partial charge >= 0.3 is 6.18 Å². The molecule has 0 saturated carbocycles. The zero-order chi connectivity index (χ0) is 14.8. The van der Waals surface area contributed by atoms with Gasteiger partial charge in [-0.3, -0.25) is 0 Å². The molecule has 1 aromatic heterocycles. The first-order valence-corrected chi connectivity index (χ1v) is 8.07. The van der Waals surface area contributed by atoms with Gasteiger partial charge in [0.25, 0.3) is 0 Å². The van der Waals surface area contributed by atoms with Crippen LogP contribution in [-0.4, -0.2) is 0 Å². The van der Waals surface area contributed by atoms with Crippen LogP contribution in [0.1, 0.15) is 16.0 Å². The molecular weight excluding hydrogens is 419 g/mol. The van der Waals surface area contributed by atoms with Crippen LogP contribution in [0.15, 0.2) is 38.6 Å². The summed E-state index contributed by atoms with van der Waals surface area (Å²) in [7, 11) is 0. The van der Waals surface area contributed by atoms with Gasteiger partial charge in [0.2, 0.25) is 0 Å². The molecule has 0 amide bonds. The predicted octanol–water partition coefficient (Wildman–Crippen LogP) is 5.58. The lowest BCUT2D eigenvalue weighted by molar-refractivity contribution is -0.138. The van der Waals surface area contributed by atoms with Gasteiger partial charge in [0.15, 0.2) is 0 Å². The molecule has 1 N–H and O–H groups in total. The molecule has 2 aromatic rings. The fourth-order valence-electron chi connectivity index (χ4n) is 1.75. The summed E-state index contributed by atoms with van der Waals surface area (Å²) in [6, 6.07) is 7.56. The minimum Gasteiger partial charge on any atom is -0.308 e. The van der Waals surface area contributed by atoms with E-state index in [1.54, 1.807) is 17.4 Å². The smallest absolute Gasteiger partial charge is 0.308 e. The summed E-state index contributed by atoms with van der Waals surface area (Å²) in [6.07, 6.45) is -4.31. The topological polar surface area (TPSA) is 12.0 Å². The van der Waals surface area contributed by atoms with Crippen LogP contribution in [0.5, 0.6) is 0 Å². The van der Waals surface area contributed by atoms with Crippen molar-refractivity contribution in [3.8, 4) is 0 Å². The molecule has 0 aliphatic heterocycles. The maximum absolute atomic E-state index is 12.8. The average Bonchev–Trinajstić information content (AvgIpc) is 2.68. The number of halogens is 5. The largest absolute Gasteiger partial charge is 0.416 e. The van der Waals surface area contributed by atoms with Crippen molar-refractivity contribution < 1.29 is 13.2 Å². The van der Waals surface area contributed by atoms with Crippen molar-refractivity contribution in [2.45, 2.75) is 19.3 Å². The van der Waals surface area contributed by atoms with E-state index >= 15 is 0 Å². The van der Waals surface area contributed by atoms with Crippen LogP contribution in [0, 0.1) is 0 Å². The van der Waals surface area contributed by atoms with E-state index in [0.717, 1.165) is 19.2 Å². The van der Waals surface area contributed by atoms with Gasteiger partial charge in [-0.15, -0.1) is 11.3 Å². The van der Waals surface area contributed by atoms with Gasteiger partial charge in [0, 0.05) is 22.4 Å². The van der Waals surface area contributed by atoms with E-state index < -0.39 is 11.7 Å². The Kier molecular flexibility index (Phi) is 5.28. The summed E-state index contributed by atoms with van der Waals surface area (Å²) in [5.74, 6) is 0. The van der Waals surface area contributed by atoms with Crippen LogP contribution in [0.25, 0.3) is 0 Å². The van der Waals surface area contributed by atoms with Gasteiger partial charge < -0.3 is 5.32 Å². The predicted molar refractivity (Wildman–Crippen MR) is 81.7 cm³/mol. The van der Waals surface area contributed by atoms with Crippen LogP contribution < -0.4 is 5.32 Å². The highest BCUT2D eigenvalue weighted by atomic mass is 79.9. The highest BCUT2D eigenvalue weighted by molar-refractivity contribution is 9.13. The second-order valence-corrected chi connectivity index (χ2v) is 7.40. The number of alkyl halides is 3. The highest BCUT2D eigenvalue weighted by Crippen LogP contribution is 2.33. The number of thiophene rings is 1. The van der Waals surface area contributed by atoms with E-state index in [1.165, 1.54) is 12.1 Å². The number of hydrogen-bond donors (Lipinski definition) is 1. The maximum Gasteiger partial charge on any atom is 0.416 e. The highest BCUT2D eigenvalue weighted by Gasteiger charge is 2.32. The molecule has 0 aliphatic carbocycles. The second-order valence-electron chi connectivity index (χ2n) is 4.09. The molecule has 0 saturated heterocycles. The Labute approximate surface area is 135 Å². The summed E-state index contributed by atoms with van der Waals surface area (Å²) in [6.45, 7) is 0.712. The average molecular weight is 429 g/mol. The first-order valence-electron chi connectivity index (χ1n) is 5.67. The van der Waals surface area contributed by atoms with Crippen molar-refractivity contribution in [3.05, 3.63) is 54.6 Å². The van der Waals surface area contributed by atoms with E-state index in [0.29, 0.717) is 6.54 Å². The van der Waals surface area contributed by atoms with Crippen LogP contribution in [-0.2, 0) is 19.3 Å². The Morgan fingerprint density at radius 1 is 1.10 bits per heavy atom. The van der Waals surface area contributed by atoms with Crippen molar-refractivity contribution in [1.82, 2.24) is 5.32 Å². The van der Waals surface area contributed by atoms with E-state index in [9.17, 15) is 13.2 Å². The molecule has 108 valence electrons. The first kappa shape index (κ1) is 16.0. The van der Waals surface area contributed by atoms with Crippen LogP contribution >= 0.6 is 43.2 Å². The monoisotopic (exact) mass is 427 g/mol. The lowest BCUT2D eigenvalue weighted by Gasteiger charge is -2.12. The Morgan fingerprint density at radius 3 is 2.40 bits per heavy atom. The van der Waals surface area contributed by atoms with E-state index in [1.807, 2.05) is 6.07 Å². The third-order valence-electron chi connectivity index (χ3n) is 2.63. The van der Waals surface area contributed by atoms with Gasteiger partial charge in [0.1, 0.15) is 0 Å². The summed E-state index contributed by atoms with van der Waals surface area (Å²) < 4.78 is 40.4. The third-order valence-corrected chi connectivity index (χ3v) is 5.89. The Morgan fingerprint density at radius 2 is 1.80 bits per heavy atom. The van der Waals surface area contributed by atoms with Crippen LogP contribution in [0.2, 0.25) is 0 Å². The van der Waals surface area contributed by atoms with Crippen molar-refractivity contribution in [3.63, 3.8) is 0 Å². The third kappa shape index (κ3) is 4.07. The number of rotatable bonds is 4. The van der Waals surface area contributed by atoms with Crippen LogP contribution in [0.4, 0.5) is 13.2 Å². The molecule has 0 aliphatic rings. The Hall–Kier alpha value is -0.370. The molecular formula is C13H10Br2F3NS. The maximum atomic E-state index is 12.8. The van der Waals surface area contributed by atoms with E-state index in [-0.39, 0.29) is 12.1 Å². The molecule has 0 spiro atoms. The van der Waals surface area contributed by atoms with Crippen molar-refractivity contribution in [2.24, 2.45) is 0 Å². The fraction of sp³-hybridized carbons (Fsp3) is 0.231. The van der Waals surface area contributed by atoms with E-state index in [2.05, 4.69) is 37.2 Å². The molecule has 7 heteroatoms. The molecule has 20 heavy (non-hydrogen) atoms. The molecule has 0 atom stereocenters. The minimum absolute atomic E-state index is 0.183. The van der Waals surface area contributed by atoms with Gasteiger partial charge in [-0.05, 0) is 49.6 Å². The second kappa shape index (κ2) is 6.60. The summed E-state index contributed by atoms with van der Waals surface area (Å²) in [4.78, 5) is 1.05. The summed E-state index contributed by atoms with van der Waals surface area (Å²) >= 11 is 8.31. The van der Waals surface area contributed by atoms with E-state index in [4.69, 9.17) is 0 Å². The van der Waals surface area contributed by atoms with Gasteiger partial charge in [-0.25, -0.2) is 0 Å². The molecule has 1 heterocycles. The molecule has 0 radical (unpaired) electrons. The minimum atomic E-state index is -4.31. The van der Waals surface area contributed by atoms with Crippen molar-refractivity contribution >= 4 is 43.2 Å². The summed E-state index contributed by atoms with van der Waals surface area (Å²) in [5.41, 5.74) is -0.323. The molecule has 2 rings (SSSR count). The lowest BCUT2D eigenvalue weighted by Crippen LogP contribution is -2.16. The zero-order valence-electron chi connectivity index (χ0n) is 10.1. The lowest BCUT2D eigenvalue weighted by atomic mass is 10.1. The fourth-order valence-corrected chi connectivity index (χ4v) is 3.90. The molecule has 0 fully saturated rings. The normalized spacial score (nSPS) is 11.8. The Bertz CT molecular complexity index is 576. The molecule has 0 bridgehead atoms. The Balaban J connectivity index is 2.01. The number of benzene rings is 1. The number of nitrogens with one attached hydrogen (secondary N) is 1. The summed E-state index contributed by atoms with van der Waals surface area (Å²) in [5, 5.41) is 3.04.